The Morgan fingerprint density at radius 2 is 1.92 bits per heavy atom. The van der Waals surface area contributed by atoms with Crippen molar-refractivity contribution in [3.63, 3.8) is 0 Å². The highest BCUT2D eigenvalue weighted by Gasteiger charge is 2.11. The molecule has 26 heavy (non-hydrogen) atoms. The van der Waals surface area contributed by atoms with Gasteiger partial charge in [-0.3, -0.25) is 9.59 Å². The van der Waals surface area contributed by atoms with E-state index in [1.807, 2.05) is 6.92 Å². The lowest BCUT2D eigenvalue weighted by molar-refractivity contribution is 0.102. The average Bonchev–Trinajstić information content (AvgIpc) is 2.62. The highest BCUT2D eigenvalue weighted by Crippen LogP contribution is 2.20. The molecule has 0 aliphatic carbocycles. The van der Waals surface area contributed by atoms with Gasteiger partial charge < -0.3 is 9.88 Å². The third-order valence-electron chi connectivity index (χ3n) is 3.99. The zero-order valence-electron chi connectivity index (χ0n) is 14.0. The highest BCUT2D eigenvalue weighted by molar-refractivity contribution is 6.31. The van der Waals surface area contributed by atoms with E-state index >= 15 is 0 Å². The lowest BCUT2D eigenvalue weighted by atomic mass is 10.1. The molecule has 0 unspecified atom stereocenters. The summed E-state index contributed by atoms with van der Waals surface area (Å²) in [5, 5.41) is 3.29. The highest BCUT2D eigenvalue weighted by atomic mass is 35.5. The van der Waals surface area contributed by atoms with Gasteiger partial charge in [-0.15, -0.1) is 0 Å². The maximum absolute atomic E-state index is 13.8. The minimum atomic E-state index is -0.399. The number of nitrogens with one attached hydrogen (secondary N) is 1. The molecule has 0 radical (unpaired) electrons. The number of hydrogen-bond donors (Lipinski definition) is 1. The molecular weight excluding hydrogens is 355 g/mol. The van der Waals surface area contributed by atoms with E-state index in [0.717, 1.165) is 5.56 Å². The summed E-state index contributed by atoms with van der Waals surface area (Å²) in [6, 6.07) is 14.1. The number of anilines is 1. The normalized spacial score (nSPS) is 10.6. The molecular formula is C20H16ClFN2O2. The van der Waals surface area contributed by atoms with E-state index in [-0.39, 0.29) is 18.0 Å². The number of rotatable bonds is 4. The van der Waals surface area contributed by atoms with Crippen LogP contribution in [0.5, 0.6) is 0 Å². The SMILES string of the molecule is Cc1ccc(Cl)cc1NC(=O)c1ccc(=O)n(Cc2ccccc2F)c1. The molecule has 132 valence electrons. The van der Waals surface area contributed by atoms with E-state index < -0.39 is 5.82 Å². The predicted octanol–water partition coefficient (Wildman–Crippen LogP) is 4.25. The fourth-order valence-corrected chi connectivity index (χ4v) is 2.69. The summed E-state index contributed by atoms with van der Waals surface area (Å²) >= 11 is 5.97. The summed E-state index contributed by atoms with van der Waals surface area (Å²) in [7, 11) is 0. The fourth-order valence-electron chi connectivity index (χ4n) is 2.52. The van der Waals surface area contributed by atoms with Crippen molar-refractivity contribution in [1.29, 1.82) is 0 Å². The molecule has 3 rings (SSSR count). The van der Waals surface area contributed by atoms with Crippen LogP contribution in [0.15, 0.2) is 65.6 Å². The maximum atomic E-state index is 13.8. The number of pyridine rings is 1. The summed E-state index contributed by atoms with van der Waals surface area (Å²) in [5.41, 5.74) is 1.80. The third kappa shape index (κ3) is 4.00. The summed E-state index contributed by atoms with van der Waals surface area (Å²) in [6.07, 6.45) is 1.42. The minimum Gasteiger partial charge on any atom is -0.322 e. The van der Waals surface area contributed by atoms with E-state index in [1.54, 1.807) is 36.4 Å². The monoisotopic (exact) mass is 370 g/mol. The minimum absolute atomic E-state index is 0.0445. The number of aryl methyl sites for hydroxylation is 1. The molecule has 1 amide bonds. The van der Waals surface area contributed by atoms with Gasteiger partial charge in [-0.25, -0.2) is 4.39 Å². The second kappa shape index (κ2) is 7.54. The van der Waals surface area contributed by atoms with Gasteiger partial charge in [0.2, 0.25) is 0 Å². The molecule has 0 aliphatic heterocycles. The molecule has 4 nitrogen and oxygen atoms in total. The van der Waals surface area contributed by atoms with Crippen LogP contribution >= 0.6 is 11.6 Å². The number of halogens is 2. The summed E-state index contributed by atoms with van der Waals surface area (Å²) in [6.45, 7) is 1.90. The molecule has 1 heterocycles. The Morgan fingerprint density at radius 3 is 2.69 bits per heavy atom. The molecule has 0 saturated heterocycles. The smallest absolute Gasteiger partial charge is 0.257 e. The first-order chi connectivity index (χ1) is 12.4. The van der Waals surface area contributed by atoms with Gasteiger partial charge in [-0.1, -0.05) is 35.9 Å². The van der Waals surface area contributed by atoms with Crippen LogP contribution in [-0.2, 0) is 6.54 Å². The van der Waals surface area contributed by atoms with Gasteiger partial charge in [0.25, 0.3) is 11.5 Å². The van der Waals surface area contributed by atoms with Crippen molar-refractivity contribution < 1.29 is 9.18 Å². The molecule has 1 aromatic heterocycles. The standard InChI is InChI=1S/C20H16ClFN2O2/c1-13-6-8-16(21)10-18(13)23-20(26)15-7-9-19(25)24(12-15)11-14-4-2-3-5-17(14)22/h2-10,12H,11H2,1H3,(H,23,26). The van der Waals surface area contributed by atoms with Crippen LogP contribution in [0.3, 0.4) is 0 Å². The van der Waals surface area contributed by atoms with Gasteiger partial charge >= 0.3 is 0 Å². The first-order valence-corrected chi connectivity index (χ1v) is 8.33. The second-order valence-corrected chi connectivity index (χ2v) is 6.33. The Morgan fingerprint density at radius 1 is 1.15 bits per heavy atom. The van der Waals surface area contributed by atoms with E-state index in [9.17, 15) is 14.0 Å². The van der Waals surface area contributed by atoms with E-state index in [0.29, 0.717) is 21.8 Å². The Kier molecular flexibility index (Phi) is 5.19. The number of hydrogen-bond acceptors (Lipinski definition) is 2. The molecule has 3 aromatic rings. The number of carbonyl (C=O) groups excluding carboxylic acids is 1. The molecule has 0 aliphatic rings. The zero-order chi connectivity index (χ0) is 18.7. The average molecular weight is 371 g/mol. The van der Waals surface area contributed by atoms with E-state index in [1.165, 1.54) is 29.0 Å². The maximum Gasteiger partial charge on any atom is 0.257 e. The summed E-state index contributed by atoms with van der Waals surface area (Å²) in [5.74, 6) is -0.776. The first-order valence-electron chi connectivity index (χ1n) is 7.95. The van der Waals surface area contributed by atoms with Crippen molar-refractivity contribution in [3.05, 3.63) is 98.7 Å². The van der Waals surface area contributed by atoms with Gasteiger partial charge in [0, 0.05) is 28.5 Å². The van der Waals surface area contributed by atoms with Gasteiger partial charge in [0.05, 0.1) is 12.1 Å². The van der Waals surface area contributed by atoms with Crippen LogP contribution in [-0.4, -0.2) is 10.5 Å². The first kappa shape index (κ1) is 17.9. The van der Waals surface area contributed by atoms with Crippen LogP contribution in [0.2, 0.25) is 5.02 Å². The van der Waals surface area contributed by atoms with E-state index in [4.69, 9.17) is 11.6 Å². The van der Waals surface area contributed by atoms with Crippen molar-refractivity contribution in [2.75, 3.05) is 5.32 Å². The second-order valence-electron chi connectivity index (χ2n) is 5.89. The Labute approximate surface area is 154 Å². The van der Waals surface area contributed by atoms with Gasteiger partial charge in [0.1, 0.15) is 5.82 Å². The number of nitrogens with zero attached hydrogens (tertiary/aromatic N) is 1. The van der Waals surface area contributed by atoms with Crippen LogP contribution in [0, 0.1) is 12.7 Å². The molecule has 1 N–H and O–H groups in total. The molecule has 0 spiro atoms. The number of aromatic nitrogens is 1. The van der Waals surface area contributed by atoms with Gasteiger partial charge in [-0.2, -0.15) is 0 Å². The van der Waals surface area contributed by atoms with Crippen LogP contribution in [0.4, 0.5) is 10.1 Å². The largest absolute Gasteiger partial charge is 0.322 e. The zero-order valence-corrected chi connectivity index (χ0v) is 14.8. The van der Waals surface area contributed by atoms with Gasteiger partial charge in [0.15, 0.2) is 0 Å². The molecule has 0 bridgehead atoms. The van der Waals surface area contributed by atoms with Crippen molar-refractivity contribution in [2.24, 2.45) is 0 Å². The lowest BCUT2D eigenvalue weighted by Crippen LogP contribution is -2.23. The number of amides is 1. The lowest BCUT2D eigenvalue weighted by Gasteiger charge is -2.11. The molecule has 6 heteroatoms. The van der Waals surface area contributed by atoms with Crippen LogP contribution < -0.4 is 10.9 Å². The quantitative estimate of drug-likeness (QED) is 0.746. The third-order valence-corrected chi connectivity index (χ3v) is 4.23. The Bertz CT molecular complexity index is 1030. The molecule has 0 fully saturated rings. The van der Waals surface area contributed by atoms with Crippen molar-refractivity contribution in [1.82, 2.24) is 4.57 Å². The molecule has 2 aromatic carbocycles. The summed E-state index contributed by atoms with van der Waals surface area (Å²) in [4.78, 5) is 24.6. The van der Waals surface area contributed by atoms with Crippen molar-refractivity contribution in [3.8, 4) is 0 Å². The summed E-state index contributed by atoms with van der Waals surface area (Å²) < 4.78 is 15.1. The number of carbonyl (C=O) groups is 1. The Balaban J connectivity index is 1.87. The predicted molar refractivity (Wildman–Crippen MR) is 100 cm³/mol. The van der Waals surface area contributed by atoms with Crippen LogP contribution in [0.25, 0.3) is 0 Å². The van der Waals surface area contributed by atoms with Crippen molar-refractivity contribution >= 4 is 23.2 Å². The Hall–Kier alpha value is -2.92. The van der Waals surface area contributed by atoms with E-state index in [2.05, 4.69) is 5.32 Å². The molecule has 0 atom stereocenters. The fraction of sp³-hybridized carbons (Fsp3) is 0.100. The molecule has 0 saturated carbocycles. The topological polar surface area (TPSA) is 51.1 Å². The van der Waals surface area contributed by atoms with Crippen molar-refractivity contribution in [2.45, 2.75) is 13.5 Å². The van der Waals surface area contributed by atoms with Gasteiger partial charge in [-0.05, 0) is 36.8 Å². The number of benzene rings is 2. The van der Waals surface area contributed by atoms with Crippen LogP contribution in [0.1, 0.15) is 21.5 Å².